The molecule has 0 unspecified atom stereocenters. The lowest BCUT2D eigenvalue weighted by Crippen LogP contribution is -2.10. The van der Waals surface area contributed by atoms with Gasteiger partial charge in [-0.1, -0.05) is 13.0 Å². The van der Waals surface area contributed by atoms with Crippen LogP contribution in [-0.2, 0) is 4.74 Å². The number of methoxy groups -OCH3 is 3. The van der Waals surface area contributed by atoms with Gasteiger partial charge in [-0.25, -0.2) is 4.79 Å². The van der Waals surface area contributed by atoms with Gasteiger partial charge in [0.25, 0.3) is 0 Å². The molecule has 7 heteroatoms. The maximum atomic E-state index is 11.4. The van der Waals surface area contributed by atoms with E-state index in [0.717, 1.165) is 17.4 Å². The van der Waals surface area contributed by atoms with Gasteiger partial charge in [0.15, 0.2) is 23.0 Å². The number of benzene rings is 2. The van der Waals surface area contributed by atoms with Crippen molar-refractivity contribution >= 4 is 12.4 Å². The Kier molecular flexibility index (Phi) is 5.21. The molecule has 0 fully saturated rings. The molecule has 0 saturated heterocycles. The highest BCUT2D eigenvalue weighted by Gasteiger charge is 2.35. The van der Waals surface area contributed by atoms with Crippen molar-refractivity contribution in [3.63, 3.8) is 0 Å². The largest absolute Gasteiger partial charge is 0.513 e. The summed E-state index contributed by atoms with van der Waals surface area (Å²) < 4.78 is 26.4. The molecular formula is C20H20O7. The molecule has 2 atom stereocenters. The van der Waals surface area contributed by atoms with Crippen molar-refractivity contribution in [3.8, 4) is 23.0 Å². The third kappa shape index (κ3) is 3.40. The maximum Gasteiger partial charge on any atom is 0.513 e. The van der Waals surface area contributed by atoms with Crippen LogP contribution in [0.15, 0.2) is 30.3 Å². The summed E-state index contributed by atoms with van der Waals surface area (Å²) in [5.74, 6) is 1.74. The normalized spacial score (nSPS) is 17.5. The van der Waals surface area contributed by atoms with Gasteiger partial charge < -0.3 is 23.7 Å². The SMILES string of the molecule is COC(=O)Oc1ccc([C@@H]2Oc3c(OC)cc(C=O)cc3[C@H]2C)cc1OC. The number of carbonyl (C=O) groups is 2. The molecule has 142 valence electrons. The van der Waals surface area contributed by atoms with E-state index in [0.29, 0.717) is 22.8 Å². The van der Waals surface area contributed by atoms with Gasteiger partial charge in [-0.05, 0) is 29.8 Å². The Balaban J connectivity index is 1.95. The van der Waals surface area contributed by atoms with Crippen molar-refractivity contribution in [3.05, 3.63) is 47.0 Å². The standard InChI is InChI=1S/C20H20O7/c1-11-14-7-12(10-21)8-17(24-3)19(14)27-18(11)13-5-6-15(16(9-13)23-2)26-20(22)25-4/h5-11,18H,1-4H3/t11-,18-/m1/s1. The van der Waals surface area contributed by atoms with E-state index in [1.807, 2.05) is 13.0 Å². The molecule has 0 N–H and O–H groups in total. The minimum absolute atomic E-state index is 0.0223. The van der Waals surface area contributed by atoms with E-state index in [-0.39, 0.29) is 17.8 Å². The molecule has 3 rings (SSSR count). The molecule has 1 aliphatic rings. The maximum absolute atomic E-state index is 11.4. The van der Waals surface area contributed by atoms with Crippen LogP contribution in [0.25, 0.3) is 0 Å². The molecule has 1 aliphatic heterocycles. The van der Waals surface area contributed by atoms with Gasteiger partial charge in [0, 0.05) is 17.0 Å². The average molecular weight is 372 g/mol. The molecule has 0 bridgehead atoms. The van der Waals surface area contributed by atoms with Crippen LogP contribution in [0.1, 0.15) is 40.4 Å². The third-order valence-corrected chi connectivity index (χ3v) is 4.53. The summed E-state index contributed by atoms with van der Waals surface area (Å²) in [6.07, 6.45) is -0.355. The van der Waals surface area contributed by atoms with Crippen molar-refractivity contribution in [2.75, 3.05) is 21.3 Å². The first kappa shape index (κ1) is 18.6. The van der Waals surface area contributed by atoms with E-state index >= 15 is 0 Å². The van der Waals surface area contributed by atoms with E-state index in [4.69, 9.17) is 18.9 Å². The van der Waals surface area contributed by atoms with Crippen LogP contribution >= 0.6 is 0 Å². The zero-order chi connectivity index (χ0) is 19.6. The number of ether oxygens (including phenoxy) is 5. The highest BCUT2D eigenvalue weighted by Crippen LogP contribution is 2.51. The van der Waals surface area contributed by atoms with Crippen molar-refractivity contribution < 1.29 is 33.3 Å². The predicted octanol–water partition coefficient (Wildman–Crippen LogP) is 3.90. The van der Waals surface area contributed by atoms with Gasteiger partial charge in [-0.2, -0.15) is 0 Å². The van der Waals surface area contributed by atoms with E-state index in [9.17, 15) is 9.59 Å². The van der Waals surface area contributed by atoms with E-state index in [2.05, 4.69) is 4.74 Å². The van der Waals surface area contributed by atoms with Gasteiger partial charge in [-0.15, -0.1) is 0 Å². The summed E-state index contributed by atoms with van der Waals surface area (Å²) in [6.45, 7) is 2.01. The lowest BCUT2D eigenvalue weighted by Gasteiger charge is -2.18. The van der Waals surface area contributed by atoms with E-state index in [1.165, 1.54) is 21.3 Å². The zero-order valence-electron chi connectivity index (χ0n) is 15.5. The number of rotatable bonds is 5. The molecule has 0 amide bonds. The summed E-state index contributed by atoms with van der Waals surface area (Å²) in [5.41, 5.74) is 2.26. The first-order chi connectivity index (χ1) is 13.0. The summed E-state index contributed by atoms with van der Waals surface area (Å²) in [6, 6.07) is 8.62. The summed E-state index contributed by atoms with van der Waals surface area (Å²) in [4.78, 5) is 22.6. The van der Waals surface area contributed by atoms with Gasteiger partial charge in [0.1, 0.15) is 12.4 Å². The van der Waals surface area contributed by atoms with Crippen LogP contribution in [0, 0.1) is 0 Å². The van der Waals surface area contributed by atoms with Crippen molar-refractivity contribution in [2.24, 2.45) is 0 Å². The van der Waals surface area contributed by atoms with Crippen LogP contribution in [0.3, 0.4) is 0 Å². The average Bonchev–Trinajstić information content (AvgIpc) is 3.04. The van der Waals surface area contributed by atoms with Crippen molar-refractivity contribution in [2.45, 2.75) is 18.9 Å². The second kappa shape index (κ2) is 7.57. The third-order valence-electron chi connectivity index (χ3n) is 4.53. The molecule has 1 heterocycles. The molecule has 0 saturated carbocycles. The Labute approximate surface area is 156 Å². The van der Waals surface area contributed by atoms with Gasteiger partial charge in [-0.3, -0.25) is 4.79 Å². The number of hydrogen-bond acceptors (Lipinski definition) is 7. The van der Waals surface area contributed by atoms with Crippen molar-refractivity contribution in [1.29, 1.82) is 0 Å². The quantitative estimate of drug-likeness (QED) is 0.447. The lowest BCUT2D eigenvalue weighted by molar-refractivity contribution is 0.112. The lowest BCUT2D eigenvalue weighted by atomic mass is 9.91. The number of fused-ring (bicyclic) bond motifs is 1. The van der Waals surface area contributed by atoms with E-state index in [1.54, 1.807) is 24.3 Å². The Morgan fingerprint density at radius 2 is 1.78 bits per heavy atom. The molecule has 2 aromatic carbocycles. The Hall–Kier alpha value is -3.22. The predicted molar refractivity (Wildman–Crippen MR) is 96.2 cm³/mol. The molecule has 7 nitrogen and oxygen atoms in total. The molecular weight excluding hydrogens is 352 g/mol. The molecule has 2 aromatic rings. The molecule has 0 aromatic heterocycles. The summed E-state index contributed by atoms with van der Waals surface area (Å²) >= 11 is 0. The highest BCUT2D eigenvalue weighted by molar-refractivity contribution is 5.78. The van der Waals surface area contributed by atoms with Crippen molar-refractivity contribution in [1.82, 2.24) is 0 Å². The monoisotopic (exact) mass is 372 g/mol. The second-order valence-corrected chi connectivity index (χ2v) is 6.05. The van der Waals surface area contributed by atoms with Crippen LogP contribution < -0.4 is 18.9 Å². The van der Waals surface area contributed by atoms with Crippen LogP contribution in [0.5, 0.6) is 23.0 Å². The van der Waals surface area contributed by atoms with Crippen LogP contribution in [0.2, 0.25) is 0 Å². The fourth-order valence-electron chi connectivity index (χ4n) is 3.16. The second-order valence-electron chi connectivity index (χ2n) is 6.05. The number of hydrogen-bond donors (Lipinski definition) is 0. The Bertz CT molecular complexity index is 875. The molecule has 0 spiro atoms. The van der Waals surface area contributed by atoms with Gasteiger partial charge in [0.2, 0.25) is 0 Å². The Morgan fingerprint density at radius 1 is 1.04 bits per heavy atom. The number of aldehydes is 1. The van der Waals surface area contributed by atoms with Crippen LogP contribution in [-0.4, -0.2) is 33.8 Å². The highest BCUT2D eigenvalue weighted by atomic mass is 16.7. The summed E-state index contributed by atoms with van der Waals surface area (Å²) in [5, 5.41) is 0. The summed E-state index contributed by atoms with van der Waals surface area (Å²) in [7, 11) is 4.25. The van der Waals surface area contributed by atoms with Crippen LogP contribution in [0.4, 0.5) is 4.79 Å². The van der Waals surface area contributed by atoms with Gasteiger partial charge in [0.05, 0.1) is 21.3 Å². The molecule has 27 heavy (non-hydrogen) atoms. The van der Waals surface area contributed by atoms with Gasteiger partial charge >= 0.3 is 6.16 Å². The fraction of sp³-hybridized carbons (Fsp3) is 0.300. The minimum atomic E-state index is -0.829. The molecule has 0 aliphatic carbocycles. The Morgan fingerprint density at radius 3 is 2.41 bits per heavy atom. The fourth-order valence-corrected chi connectivity index (χ4v) is 3.16. The first-order valence-electron chi connectivity index (χ1n) is 8.29. The first-order valence-corrected chi connectivity index (χ1v) is 8.29. The van der Waals surface area contributed by atoms with E-state index < -0.39 is 6.16 Å². The minimum Gasteiger partial charge on any atom is -0.493 e. The molecule has 0 radical (unpaired) electrons. The smallest absolute Gasteiger partial charge is 0.493 e. The zero-order valence-corrected chi connectivity index (χ0v) is 15.5. The topological polar surface area (TPSA) is 80.3 Å². The number of carbonyl (C=O) groups excluding carboxylic acids is 2.